The Morgan fingerprint density at radius 2 is 1.72 bits per heavy atom. The minimum atomic E-state index is -0.334. The molecule has 0 aliphatic heterocycles. The van der Waals surface area contributed by atoms with Crippen molar-refractivity contribution in [1.29, 1.82) is 0 Å². The van der Waals surface area contributed by atoms with Crippen LogP contribution in [0.1, 0.15) is 76.4 Å². The van der Waals surface area contributed by atoms with Crippen LogP contribution in [-0.4, -0.2) is 14.9 Å². The van der Waals surface area contributed by atoms with Gasteiger partial charge in [-0.3, -0.25) is 4.68 Å². The van der Waals surface area contributed by atoms with Crippen LogP contribution in [0.4, 0.5) is 0 Å². The van der Waals surface area contributed by atoms with Crippen LogP contribution in [0.2, 0.25) is 0 Å². The van der Waals surface area contributed by atoms with E-state index in [9.17, 15) is 5.11 Å². The lowest BCUT2D eigenvalue weighted by Gasteiger charge is -2.07. The highest BCUT2D eigenvalue weighted by Crippen LogP contribution is 2.19. The van der Waals surface area contributed by atoms with Gasteiger partial charge in [0.15, 0.2) is 0 Å². The number of nitrogens with zero attached hydrogens (tertiary/aromatic N) is 2. The highest BCUT2D eigenvalue weighted by atomic mass is 16.3. The zero-order valence-electron chi connectivity index (χ0n) is 11.9. The zero-order valence-corrected chi connectivity index (χ0v) is 11.9. The summed E-state index contributed by atoms with van der Waals surface area (Å²) in [5.41, 5.74) is 0.945. The molecule has 1 aromatic rings. The van der Waals surface area contributed by atoms with Gasteiger partial charge in [-0.2, -0.15) is 5.10 Å². The predicted octanol–water partition coefficient (Wildman–Crippen LogP) is 3.98. The van der Waals surface area contributed by atoms with Crippen LogP contribution in [0.3, 0.4) is 0 Å². The second-order valence-corrected chi connectivity index (χ2v) is 5.23. The van der Waals surface area contributed by atoms with Crippen molar-refractivity contribution in [3.05, 3.63) is 18.0 Å². The first-order chi connectivity index (χ1) is 8.74. The molecule has 18 heavy (non-hydrogen) atoms. The summed E-state index contributed by atoms with van der Waals surface area (Å²) in [4.78, 5) is 0. The standard InChI is InChI=1S/C15H28N2O/c1-3-4-5-6-7-8-9-10-11-15(18)14-12-16-17(2)13-14/h12-13,15,18H,3-11H2,1-2H3. The molecule has 0 aliphatic rings. The summed E-state index contributed by atoms with van der Waals surface area (Å²) in [6, 6.07) is 0. The van der Waals surface area contributed by atoms with Crippen molar-refractivity contribution in [2.24, 2.45) is 7.05 Å². The van der Waals surface area contributed by atoms with Crippen molar-refractivity contribution in [1.82, 2.24) is 9.78 Å². The predicted molar refractivity (Wildman–Crippen MR) is 75.4 cm³/mol. The van der Waals surface area contributed by atoms with Crippen molar-refractivity contribution < 1.29 is 5.11 Å². The lowest BCUT2D eigenvalue weighted by Crippen LogP contribution is -1.96. The topological polar surface area (TPSA) is 38.1 Å². The van der Waals surface area contributed by atoms with E-state index in [0.717, 1.165) is 18.4 Å². The number of aromatic nitrogens is 2. The molecule has 1 heterocycles. The van der Waals surface area contributed by atoms with Gasteiger partial charge in [0.2, 0.25) is 0 Å². The Bertz CT molecular complexity index is 309. The van der Waals surface area contributed by atoms with Crippen LogP contribution < -0.4 is 0 Å². The van der Waals surface area contributed by atoms with Crippen molar-refractivity contribution in [2.45, 2.75) is 70.8 Å². The Balaban J connectivity index is 1.97. The molecule has 1 rings (SSSR count). The molecule has 0 radical (unpaired) electrons. The van der Waals surface area contributed by atoms with Crippen LogP contribution >= 0.6 is 0 Å². The van der Waals surface area contributed by atoms with Gasteiger partial charge in [0, 0.05) is 18.8 Å². The second kappa shape index (κ2) is 9.15. The summed E-state index contributed by atoms with van der Waals surface area (Å²) in [6.45, 7) is 2.25. The maximum Gasteiger partial charge on any atom is 0.0820 e. The third-order valence-corrected chi connectivity index (χ3v) is 3.44. The fourth-order valence-electron chi connectivity index (χ4n) is 2.25. The Kier molecular flexibility index (Phi) is 7.74. The second-order valence-electron chi connectivity index (χ2n) is 5.23. The molecule has 0 aromatic carbocycles. The molecule has 1 N–H and O–H groups in total. The van der Waals surface area contributed by atoms with Gasteiger partial charge in [-0.05, 0) is 6.42 Å². The van der Waals surface area contributed by atoms with E-state index in [-0.39, 0.29) is 6.10 Å². The van der Waals surface area contributed by atoms with Gasteiger partial charge in [-0.25, -0.2) is 0 Å². The monoisotopic (exact) mass is 252 g/mol. The molecule has 0 aliphatic carbocycles. The fourth-order valence-corrected chi connectivity index (χ4v) is 2.25. The van der Waals surface area contributed by atoms with Crippen molar-refractivity contribution >= 4 is 0 Å². The molecule has 1 unspecified atom stereocenters. The zero-order chi connectivity index (χ0) is 13.2. The molecule has 0 saturated heterocycles. The average Bonchev–Trinajstić information content (AvgIpc) is 2.79. The number of unbranched alkanes of at least 4 members (excludes halogenated alkanes) is 7. The number of aryl methyl sites for hydroxylation is 1. The number of aliphatic hydroxyl groups excluding tert-OH is 1. The summed E-state index contributed by atoms with van der Waals surface area (Å²) >= 11 is 0. The van der Waals surface area contributed by atoms with E-state index in [2.05, 4.69) is 12.0 Å². The number of aliphatic hydroxyl groups is 1. The molecule has 3 heteroatoms. The SMILES string of the molecule is CCCCCCCCCCC(O)c1cnn(C)c1. The summed E-state index contributed by atoms with van der Waals surface area (Å²) in [5, 5.41) is 14.0. The van der Waals surface area contributed by atoms with Crippen molar-refractivity contribution in [2.75, 3.05) is 0 Å². The van der Waals surface area contributed by atoms with E-state index in [0.29, 0.717) is 0 Å². The smallest absolute Gasteiger partial charge is 0.0820 e. The molecule has 0 spiro atoms. The first-order valence-corrected chi connectivity index (χ1v) is 7.40. The lowest BCUT2D eigenvalue weighted by molar-refractivity contribution is 0.163. The Morgan fingerprint density at radius 3 is 2.28 bits per heavy atom. The van der Waals surface area contributed by atoms with Crippen molar-refractivity contribution in [3.8, 4) is 0 Å². The van der Waals surface area contributed by atoms with Crippen molar-refractivity contribution in [3.63, 3.8) is 0 Å². The van der Waals surface area contributed by atoms with Crippen LogP contribution in [0.15, 0.2) is 12.4 Å². The van der Waals surface area contributed by atoms with Gasteiger partial charge >= 0.3 is 0 Å². The molecule has 1 atom stereocenters. The van der Waals surface area contributed by atoms with Gasteiger partial charge in [0.25, 0.3) is 0 Å². The summed E-state index contributed by atoms with van der Waals surface area (Å²) in [5.74, 6) is 0. The van der Waals surface area contributed by atoms with Gasteiger partial charge < -0.3 is 5.11 Å². The molecular formula is C15H28N2O. The minimum absolute atomic E-state index is 0.334. The number of hydrogen-bond donors (Lipinski definition) is 1. The Labute approximate surface area is 111 Å². The Morgan fingerprint density at radius 1 is 1.11 bits per heavy atom. The summed E-state index contributed by atoms with van der Waals surface area (Å²) in [6.07, 6.45) is 14.6. The molecule has 3 nitrogen and oxygen atoms in total. The lowest BCUT2D eigenvalue weighted by atomic mass is 10.0. The fraction of sp³-hybridized carbons (Fsp3) is 0.800. The maximum atomic E-state index is 9.95. The van der Waals surface area contributed by atoms with Gasteiger partial charge in [-0.1, -0.05) is 58.3 Å². The van der Waals surface area contributed by atoms with Crippen LogP contribution in [0, 0.1) is 0 Å². The third-order valence-electron chi connectivity index (χ3n) is 3.44. The summed E-state index contributed by atoms with van der Waals surface area (Å²) < 4.78 is 1.74. The largest absolute Gasteiger partial charge is 0.388 e. The Hall–Kier alpha value is -0.830. The first kappa shape index (κ1) is 15.2. The first-order valence-electron chi connectivity index (χ1n) is 7.40. The molecule has 104 valence electrons. The molecule has 1 aromatic heterocycles. The van der Waals surface area contributed by atoms with E-state index < -0.39 is 0 Å². The molecule has 0 saturated carbocycles. The average molecular weight is 252 g/mol. The highest BCUT2D eigenvalue weighted by molar-refractivity contribution is 5.07. The van der Waals surface area contributed by atoms with Gasteiger partial charge in [-0.15, -0.1) is 0 Å². The highest BCUT2D eigenvalue weighted by Gasteiger charge is 2.08. The molecule has 0 fully saturated rings. The van der Waals surface area contributed by atoms with Gasteiger partial charge in [0.1, 0.15) is 0 Å². The number of hydrogen-bond acceptors (Lipinski definition) is 2. The van der Waals surface area contributed by atoms with E-state index in [1.165, 1.54) is 44.9 Å². The molecular weight excluding hydrogens is 224 g/mol. The van der Waals surface area contributed by atoms with Crippen LogP contribution in [-0.2, 0) is 7.05 Å². The third kappa shape index (κ3) is 6.20. The van der Waals surface area contributed by atoms with Gasteiger partial charge in [0.05, 0.1) is 12.3 Å². The summed E-state index contributed by atoms with van der Waals surface area (Å²) in [7, 11) is 1.88. The minimum Gasteiger partial charge on any atom is -0.388 e. The number of rotatable bonds is 10. The van der Waals surface area contributed by atoms with E-state index in [1.54, 1.807) is 10.9 Å². The van der Waals surface area contributed by atoms with E-state index in [1.807, 2.05) is 13.2 Å². The maximum absolute atomic E-state index is 9.95. The normalized spacial score (nSPS) is 12.8. The molecule has 0 amide bonds. The molecule has 0 bridgehead atoms. The quantitative estimate of drug-likeness (QED) is 0.639. The van der Waals surface area contributed by atoms with Crippen LogP contribution in [0.5, 0.6) is 0 Å². The van der Waals surface area contributed by atoms with Crippen LogP contribution in [0.25, 0.3) is 0 Å². The van der Waals surface area contributed by atoms with E-state index in [4.69, 9.17) is 0 Å². The van der Waals surface area contributed by atoms with E-state index >= 15 is 0 Å².